The summed E-state index contributed by atoms with van der Waals surface area (Å²) in [6, 6.07) is 16.3. The predicted octanol–water partition coefficient (Wildman–Crippen LogP) is 2.53. The highest BCUT2D eigenvalue weighted by atomic mass is 32.2. The van der Waals surface area contributed by atoms with Crippen LogP contribution in [0.4, 0.5) is 0 Å². The van der Waals surface area contributed by atoms with Crippen LogP contribution in [-0.4, -0.2) is 33.8 Å². The van der Waals surface area contributed by atoms with Gasteiger partial charge in [0.05, 0.1) is 7.11 Å². The predicted molar refractivity (Wildman–Crippen MR) is 93.7 cm³/mol. The summed E-state index contributed by atoms with van der Waals surface area (Å²) in [5.41, 5.74) is 1.10. The molecule has 1 unspecified atom stereocenters. The van der Waals surface area contributed by atoms with Gasteiger partial charge >= 0.3 is 0 Å². The number of aliphatic hydroxyl groups excluding tert-OH is 1. The molecule has 2 aromatic rings. The summed E-state index contributed by atoms with van der Waals surface area (Å²) in [6.45, 7) is 0.360. The monoisotopic (exact) mass is 349 g/mol. The zero-order valence-corrected chi connectivity index (χ0v) is 14.5. The molecule has 0 heterocycles. The first-order valence-corrected chi connectivity index (χ1v) is 9.35. The molecule has 2 rings (SSSR count). The minimum absolute atomic E-state index is 0.0683. The van der Waals surface area contributed by atoms with Crippen molar-refractivity contribution in [2.45, 2.75) is 23.7 Å². The van der Waals surface area contributed by atoms with E-state index < -0.39 is 10.0 Å². The van der Waals surface area contributed by atoms with E-state index in [1.807, 2.05) is 30.3 Å². The van der Waals surface area contributed by atoms with Crippen molar-refractivity contribution in [2.24, 2.45) is 0 Å². The Balaban J connectivity index is 2.03. The first kappa shape index (κ1) is 18.4. The molecular formula is C18H23NO4S. The lowest BCUT2D eigenvalue weighted by molar-refractivity contribution is 0.273. The van der Waals surface area contributed by atoms with E-state index in [1.165, 1.54) is 13.2 Å². The van der Waals surface area contributed by atoms with Crippen LogP contribution in [0, 0.1) is 0 Å². The van der Waals surface area contributed by atoms with Crippen LogP contribution in [0.25, 0.3) is 0 Å². The number of methoxy groups -OCH3 is 1. The Hall–Kier alpha value is -1.89. The van der Waals surface area contributed by atoms with E-state index in [-0.39, 0.29) is 17.4 Å². The van der Waals surface area contributed by atoms with Crippen molar-refractivity contribution >= 4 is 10.0 Å². The summed E-state index contributed by atoms with van der Waals surface area (Å²) in [6.07, 6.45) is 1.21. The van der Waals surface area contributed by atoms with E-state index in [2.05, 4.69) is 4.72 Å². The quantitative estimate of drug-likeness (QED) is 0.729. The zero-order chi connectivity index (χ0) is 17.4. The van der Waals surface area contributed by atoms with Crippen molar-refractivity contribution in [1.29, 1.82) is 0 Å². The maximum atomic E-state index is 12.4. The largest absolute Gasteiger partial charge is 0.495 e. The van der Waals surface area contributed by atoms with Gasteiger partial charge in [-0.2, -0.15) is 0 Å². The molecule has 0 aliphatic carbocycles. The fraction of sp³-hybridized carbons (Fsp3) is 0.333. The first-order valence-electron chi connectivity index (χ1n) is 7.87. The molecule has 0 amide bonds. The summed E-state index contributed by atoms with van der Waals surface area (Å²) in [7, 11) is -2.19. The highest BCUT2D eigenvalue weighted by Gasteiger charge is 2.19. The number of ether oxygens (including phenoxy) is 1. The number of para-hydroxylation sites is 1. The summed E-state index contributed by atoms with van der Waals surface area (Å²) >= 11 is 0. The standard InChI is InChI=1S/C18H23NO4S/c1-23-17-9-5-6-10-18(17)24(21,22)19-13-11-16(12-14-20)15-7-3-2-4-8-15/h2-10,16,19-20H,11-14H2,1H3. The van der Waals surface area contributed by atoms with Crippen LogP contribution in [0.1, 0.15) is 24.3 Å². The number of rotatable bonds is 9. The normalized spacial score (nSPS) is 12.8. The number of hydrogen-bond acceptors (Lipinski definition) is 4. The summed E-state index contributed by atoms with van der Waals surface area (Å²) in [5, 5.41) is 9.25. The molecule has 0 aliphatic heterocycles. The van der Waals surface area contributed by atoms with Gasteiger partial charge in [0.2, 0.25) is 10.0 Å². The molecule has 0 saturated carbocycles. The topological polar surface area (TPSA) is 75.6 Å². The third-order valence-electron chi connectivity index (χ3n) is 3.89. The summed E-state index contributed by atoms with van der Waals surface area (Å²) < 4.78 is 32.6. The van der Waals surface area contributed by atoms with Gasteiger partial charge in [-0.3, -0.25) is 0 Å². The second kappa shape index (κ2) is 8.82. The van der Waals surface area contributed by atoms with Crippen LogP contribution < -0.4 is 9.46 Å². The van der Waals surface area contributed by atoms with Crippen LogP contribution in [-0.2, 0) is 10.0 Å². The fourth-order valence-corrected chi connectivity index (χ4v) is 3.86. The average molecular weight is 349 g/mol. The number of nitrogens with one attached hydrogen (secondary N) is 1. The third-order valence-corrected chi connectivity index (χ3v) is 5.39. The van der Waals surface area contributed by atoms with Crippen molar-refractivity contribution in [3.05, 3.63) is 60.2 Å². The summed E-state index contributed by atoms with van der Waals surface area (Å²) in [4.78, 5) is 0.130. The number of aliphatic hydroxyl groups is 1. The lowest BCUT2D eigenvalue weighted by Gasteiger charge is -2.17. The molecule has 0 radical (unpaired) electrons. The van der Waals surface area contributed by atoms with E-state index in [9.17, 15) is 13.5 Å². The van der Waals surface area contributed by atoms with Crippen LogP contribution in [0.2, 0.25) is 0 Å². The van der Waals surface area contributed by atoms with Gasteiger partial charge in [0.1, 0.15) is 10.6 Å². The molecule has 24 heavy (non-hydrogen) atoms. The molecule has 0 saturated heterocycles. The Labute approximate surface area is 143 Å². The third kappa shape index (κ3) is 4.80. The van der Waals surface area contributed by atoms with Gasteiger partial charge in [0.15, 0.2) is 0 Å². The molecule has 0 aromatic heterocycles. The highest BCUT2D eigenvalue weighted by Crippen LogP contribution is 2.24. The van der Waals surface area contributed by atoms with Crippen molar-refractivity contribution in [3.8, 4) is 5.75 Å². The van der Waals surface area contributed by atoms with Crippen LogP contribution in [0.3, 0.4) is 0 Å². The van der Waals surface area contributed by atoms with Gasteiger partial charge in [0.25, 0.3) is 0 Å². The zero-order valence-electron chi connectivity index (χ0n) is 13.7. The van der Waals surface area contributed by atoms with Crippen molar-refractivity contribution in [1.82, 2.24) is 4.72 Å². The van der Waals surface area contributed by atoms with Crippen LogP contribution in [0.15, 0.2) is 59.5 Å². The van der Waals surface area contributed by atoms with Gasteiger partial charge in [-0.05, 0) is 36.5 Å². The van der Waals surface area contributed by atoms with Crippen molar-refractivity contribution in [3.63, 3.8) is 0 Å². The Morgan fingerprint density at radius 3 is 2.38 bits per heavy atom. The molecule has 2 N–H and O–H groups in total. The lowest BCUT2D eigenvalue weighted by Crippen LogP contribution is -2.26. The van der Waals surface area contributed by atoms with E-state index in [0.29, 0.717) is 25.1 Å². The molecule has 130 valence electrons. The Morgan fingerprint density at radius 2 is 1.71 bits per heavy atom. The number of benzene rings is 2. The lowest BCUT2D eigenvalue weighted by atomic mass is 9.93. The van der Waals surface area contributed by atoms with Gasteiger partial charge in [-0.1, -0.05) is 42.5 Å². The van der Waals surface area contributed by atoms with Crippen LogP contribution >= 0.6 is 0 Å². The molecule has 0 bridgehead atoms. The van der Waals surface area contributed by atoms with Gasteiger partial charge in [-0.15, -0.1) is 0 Å². The minimum atomic E-state index is -3.63. The molecular weight excluding hydrogens is 326 g/mol. The van der Waals surface area contributed by atoms with Crippen molar-refractivity contribution in [2.75, 3.05) is 20.3 Å². The number of sulfonamides is 1. The smallest absolute Gasteiger partial charge is 0.244 e. The van der Waals surface area contributed by atoms with Crippen molar-refractivity contribution < 1.29 is 18.3 Å². The SMILES string of the molecule is COc1ccccc1S(=O)(=O)NCCC(CCO)c1ccccc1. The van der Waals surface area contributed by atoms with Gasteiger partial charge < -0.3 is 9.84 Å². The van der Waals surface area contributed by atoms with E-state index in [4.69, 9.17) is 4.74 Å². The molecule has 1 atom stereocenters. The maximum Gasteiger partial charge on any atom is 0.244 e. The Kier molecular flexibility index (Phi) is 6.78. The number of hydrogen-bond donors (Lipinski definition) is 2. The second-order valence-electron chi connectivity index (χ2n) is 5.46. The molecule has 0 fully saturated rings. The highest BCUT2D eigenvalue weighted by molar-refractivity contribution is 7.89. The Bertz CT molecular complexity index is 732. The van der Waals surface area contributed by atoms with Gasteiger partial charge in [-0.25, -0.2) is 13.1 Å². The van der Waals surface area contributed by atoms with E-state index in [1.54, 1.807) is 18.2 Å². The maximum absolute atomic E-state index is 12.4. The molecule has 6 heteroatoms. The van der Waals surface area contributed by atoms with E-state index in [0.717, 1.165) is 5.56 Å². The van der Waals surface area contributed by atoms with Crippen LogP contribution in [0.5, 0.6) is 5.75 Å². The first-order chi connectivity index (χ1) is 11.6. The average Bonchev–Trinajstić information content (AvgIpc) is 2.61. The molecule has 2 aromatic carbocycles. The molecule has 0 spiro atoms. The summed E-state index contributed by atoms with van der Waals surface area (Å²) in [5.74, 6) is 0.427. The van der Waals surface area contributed by atoms with Gasteiger partial charge in [0, 0.05) is 13.2 Å². The Morgan fingerprint density at radius 1 is 1.04 bits per heavy atom. The minimum Gasteiger partial charge on any atom is -0.495 e. The molecule has 0 aliphatic rings. The van der Waals surface area contributed by atoms with E-state index >= 15 is 0 Å². The fourth-order valence-electron chi connectivity index (χ4n) is 2.64. The second-order valence-corrected chi connectivity index (χ2v) is 7.19. The molecule has 5 nitrogen and oxygen atoms in total.